The van der Waals surface area contributed by atoms with Gasteiger partial charge in [-0.05, 0) is 37.5 Å². The van der Waals surface area contributed by atoms with Crippen molar-refractivity contribution in [3.05, 3.63) is 30.1 Å². The largest absolute Gasteiger partial charge is 0.342 e. The molecule has 0 radical (unpaired) electrons. The zero-order valence-electron chi connectivity index (χ0n) is 9.43. The van der Waals surface area contributed by atoms with E-state index in [2.05, 4.69) is 4.98 Å². The van der Waals surface area contributed by atoms with Gasteiger partial charge in [0.05, 0.1) is 5.92 Å². The molecule has 0 saturated carbocycles. The van der Waals surface area contributed by atoms with E-state index in [1.54, 1.807) is 12.4 Å². The van der Waals surface area contributed by atoms with Gasteiger partial charge >= 0.3 is 0 Å². The number of aromatic nitrogens is 1. The summed E-state index contributed by atoms with van der Waals surface area (Å²) < 4.78 is 0. The summed E-state index contributed by atoms with van der Waals surface area (Å²) in [4.78, 5) is 18.0. The Morgan fingerprint density at radius 2 is 1.88 bits per heavy atom. The number of hydrogen-bond acceptors (Lipinski definition) is 2. The third-order valence-electron chi connectivity index (χ3n) is 2.99. The van der Waals surface area contributed by atoms with Crippen LogP contribution in [0.25, 0.3) is 0 Å². The van der Waals surface area contributed by atoms with Gasteiger partial charge in [0.1, 0.15) is 0 Å². The Labute approximate surface area is 102 Å². The van der Waals surface area contributed by atoms with Crippen LogP contribution in [0, 0.1) is 0 Å². The molecule has 1 amide bonds. The fourth-order valence-electron chi connectivity index (χ4n) is 2.01. The lowest BCUT2D eigenvalue weighted by molar-refractivity contribution is -0.131. The first-order valence-corrected chi connectivity index (χ1v) is 5.48. The van der Waals surface area contributed by atoms with Gasteiger partial charge in [0.25, 0.3) is 0 Å². The molecule has 1 aromatic rings. The Kier molecular flexibility index (Phi) is 4.74. The van der Waals surface area contributed by atoms with Crippen molar-refractivity contribution in [1.82, 2.24) is 9.88 Å². The maximum absolute atomic E-state index is 12.1. The number of pyridine rings is 1. The predicted molar refractivity (Wildman–Crippen MR) is 65.7 cm³/mol. The van der Waals surface area contributed by atoms with Gasteiger partial charge in [-0.3, -0.25) is 9.78 Å². The summed E-state index contributed by atoms with van der Waals surface area (Å²) in [5.41, 5.74) is 1.06. The van der Waals surface area contributed by atoms with E-state index in [0.29, 0.717) is 0 Å². The van der Waals surface area contributed by atoms with E-state index >= 15 is 0 Å². The van der Waals surface area contributed by atoms with E-state index in [0.717, 1.165) is 31.5 Å². The molecule has 2 heterocycles. The van der Waals surface area contributed by atoms with Crippen molar-refractivity contribution in [2.45, 2.75) is 25.7 Å². The average Bonchev–Trinajstić information content (AvgIpc) is 2.82. The Morgan fingerprint density at radius 1 is 1.31 bits per heavy atom. The van der Waals surface area contributed by atoms with E-state index in [4.69, 9.17) is 0 Å². The minimum absolute atomic E-state index is 0. The number of carbonyl (C=O) groups excluding carboxylic acids is 1. The van der Waals surface area contributed by atoms with E-state index in [1.807, 2.05) is 24.0 Å². The normalized spacial score (nSPS) is 16.7. The van der Waals surface area contributed by atoms with Gasteiger partial charge < -0.3 is 4.90 Å². The molecule has 1 aliphatic rings. The molecule has 0 aromatic carbocycles. The van der Waals surface area contributed by atoms with E-state index in [1.165, 1.54) is 0 Å². The van der Waals surface area contributed by atoms with E-state index in [-0.39, 0.29) is 24.2 Å². The van der Waals surface area contributed by atoms with E-state index < -0.39 is 0 Å². The second-order valence-corrected chi connectivity index (χ2v) is 4.03. The summed E-state index contributed by atoms with van der Waals surface area (Å²) in [7, 11) is 0. The van der Waals surface area contributed by atoms with Crippen molar-refractivity contribution in [1.29, 1.82) is 0 Å². The van der Waals surface area contributed by atoms with Crippen LogP contribution in [-0.2, 0) is 4.79 Å². The van der Waals surface area contributed by atoms with Crippen molar-refractivity contribution in [2.75, 3.05) is 13.1 Å². The molecule has 1 saturated heterocycles. The fraction of sp³-hybridized carbons (Fsp3) is 0.500. The zero-order valence-corrected chi connectivity index (χ0v) is 10.2. The van der Waals surface area contributed by atoms with E-state index in [9.17, 15) is 4.79 Å². The molecule has 2 rings (SSSR count). The Hall–Kier alpha value is -1.09. The smallest absolute Gasteiger partial charge is 0.229 e. The second-order valence-electron chi connectivity index (χ2n) is 4.03. The van der Waals surface area contributed by atoms with Gasteiger partial charge in [0.15, 0.2) is 0 Å². The highest BCUT2D eigenvalue weighted by atomic mass is 35.5. The molecule has 1 unspecified atom stereocenters. The Morgan fingerprint density at radius 3 is 2.44 bits per heavy atom. The summed E-state index contributed by atoms with van der Waals surface area (Å²) in [6.07, 6.45) is 5.77. The summed E-state index contributed by atoms with van der Waals surface area (Å²) in [5.74, 6) is 0.213. The second kappa shape index (κ2) is 5.85. The molecule has 0 bridgehead atoms. The third-order valence-corrected chi connectivity index (χ3v) is 2.99. The standard InChI is InChI=1S/C12H16N2O.ClH/c1-10(11-4-6-13-7-5-11)12(15)14-8-2-3-9-14;/h4-7,10H,2-3,8-9H2,1H3;1H. The first kappa shape index (κ1) is 13.0. The maximum Gasteiger partial charge on any atom is 0.229 e. The molecular weight excluding hydrogens is 224 g/mol. The lowest BCUT2D eigenvalue weighted by Crippen LogP contribution is -2.31. The number of rotatable bonds is 2. The molecular formula is C12H17ClN2O. The molecule has 1 aromatic heterocycles. The monoisotopic (exact) mass is 240 g/mol. The Bertz CT molecular complexity index is 336. The van der Waals surface area contributed by atoms with Crippen LogP contribution < -0.4 is 0 Å². The van der Waals surface area contributed by atoms with Crippen LogP contribution in [0.15, 0.2) is 24.5 Å². The zero-order chi connectivity index (χ0) is 10.7. The molecule has 0 spiro atoms. The van der Waals surface area contributed by atoms with Crippen molar-refractivity contribution >= 4 is 18.3 Å². The van der Waals surface area contributed by atoms with Crippen LogP contribution in [-0.4, -0.2) is 28.9 Å². The highest BCUT2D eigenvalue weighted by Gasteiger charge is 2.23. The first-order valence-electron chi connectivity index (χ1n) is 5.48. The van der Waals surface area contributed by atoms with Gasteiger partial charge in [-0.1, -0.05) is 0 Å². The number of amides is 1. The Balaban J connectivity index is 0.00000128. The highest BCUT2D eigenvalue weighted by Crippen LogP contribution is 2.19. The molecule has 4 heteroatoms. The SMILES string of the molecule is CC(C(=O)N1CCCC1)c1ccncc1.Cl. The summed E-state index contributed by atoms with van der Waals surface area (Å²) in [6.45, 7) is 3.82. The molecule has 1 atom stereocenters. The molecule has 3 nitrogen and oxygen atoms in total. The highest BCUT2D eigenvalue weighted by molar-refractivity contribution is 5.85. The quantitative estimate of drug-likeness (QED) is 0.794. The maximum atomic E-state index is 12.1. The number of halogens is 1. The number of hydrogen-bond donors (Lipinski definition) is 0. The lowest BCUT2D eigenvalue weighted by Gasteiger charge is -2.20. The molecule has 1 aliphatic heterocycles. The number of nitrogens with zero attached hydrogens (tertiary/aromatic N) is 2. The van der Waals surface area contributed by atoms with Crippen molar-refractivity contribution in [2.24, 2.45) is 0 Å². The van der Waals surface area contributed by atoms with Crippen molar-refractivity contribution in [3.8, 4) is 0 Å². The summed E-state index contributed by atoms with van der Waals surface area (Å²) in [6, 6.07) is 3.83. The predicted octanol–water partition coefficient (Wildman–Crippen LogP) is 2.23. The van der Waals surface area contributed by atoms with Gasteiger partial charge in [0, 0.05) is 25.5 Å². The first-order chi connectivity index (χ1) is 7.29. The van der Waals surface area contributed by atoms with Gasteiger partial charge in [-0.25, -0.2) is 0 Å². The van der Waals surface area contributed by atoms with Crippen LogP contribution in [0.5, 0.6) is 0 Å². The third kappa shape index (κ3) is 2.73. The molecule has 16 heavy (non-hydrogen) atoms. The van der Waals surface area contributed by atoms with Crippen molar-refractivity contribution < 1.29 is 4.79 Å². The van der Waals surface area contributed by atoms with Crippen LogP contribution in [0.1, 0.15) is 31.2 Å². The fourth-order valence-corrected chi connectivity index (χ4v) is 2.01. The molecule has 88 valence electrons. The van der Waals surface area contributed by atoms with Crippen molar-refractivity contribution in [3.63, 3.8) is 0 Å². The minimum atomic E-state index is -0.0360. The number of carbonyl (C=O) groups is 1. The minimum Gasteiger partial charge on any atom is -0.342 e. The van der Waals surface area contributed by atoms with Crippen LogP contribution >= 0.6 is 12.4 Å². The van der Waals surface area contributed by atoms with Gasteiger partial charge in [-0.2, -0.15) is 0 Å². The molecule has 1 fully saturated rings. The average molecular weight is 241 g/mol. The molecule has 0 N–H and O–H groups in total. The van der Waals surface area contributed by atoms with Crippen LogP contribution in [0.4, 0.5) is 0 Å². The lowest BCUT2D eigenvalue weighted by atomic mass is 10.0. The number of likely N-dealkylation sites (tertiary alicyclic amines) is 1. The summed E-state index contributed by atoms with van der Waals surface area (Å²) >= 11 is 0. The topological polar surface area (TPSA) is 33.2 Å². The van der Waals surface area contributed by atoms with Gasteiger partial charge in [-0.15, -0.1) is 12.4 Å². The van der Waals surface area contributed by atoms with Crippen LogP contribution in [0.2, 0.25) is 0 Å². The summed E-state index contributed by atoms with van der Waals surface area (Å²) in [5, 5.41) is 0. The van der Waals surface area contributed by atoms with Crippen LogP contribution in [0.3, 0.4) is 0 Å². The van der Waals surface area contributed by atoms with Gasteiger partial charge in [0.2, 0.25) is 5.91 Å². The molecule has 0 aliphatic carbocycles.